The number of hydrogen-bond donors (Lipinski definition) is 1. The minimum absolute atomic E-state index is 0.0671. The number of hydrogen-bond acceptors (Lipinski definition) is 4. The smallest absolute Gasteiger partial charge is 0.209 e. The molecule has 5 nitrogen and oxygen atoms in total. The van der Waals surface area contributed by atoms with E-state index in [-0.39, 0.29) is 17.6 Å². The van der Waals surface area contributed by atoms with Crippen molar-refractivity contribution >= 4 is 10.0 Å². The Bertz CT molecular complexity index is 511. The zero-order valence-electron chi connectivity index (χ0n) is 12.9. The average Bonchev–Trinajstić information content (AvgIpc) is 2.41. The quantitative estimate of drug-likeness (QED) is 0.759. The molecule has 0 radical (unpaired) electrons. The van der Waals surface area contributed by atoms with E-state index >= 15 is 0 Å². The molecule has 0 aliphatic carbocycles. The van der Waals surface area contributed by atoms with Crippen LogP contribution in [0.25, 0.3) is 0 Å². The zero-order valence-corrected chi connectivity index (χ0v) is 13.7. The lowest BCUT2D eigenvalue weighted by molar-refractivity contribution is 0.224. The van der Waals surface area contributed by atoms with Gasteiger partial charge in [0, 0.05) is 5.92 Å². The van der Waals surface area contributed by atoms with E-state index in [9.17, 15) is 8.42 Å². The van der Waals surface area contributed by atoms with Gasteiger partial charge in [0.25, 0.3) is 0 Å². The van der Waals surface area contributed by atoms with Crippen LogP contribution in [-0.2, 0) is 10.0 Å². The molecule has 6 heteroatoms. The first-order valence-corrected chi connectivity index (χ1v) is 8.89. The highest BCUT2D eigenvalue weighted by Gasteiger charge is 2.20. The summed E-state index contributed by atoms with van der Waals surface area (Å²) in [6, 6.07) is 7.32. The van der Waals surface area contributed by atoms with Gasteiger partial charge in [0.1, 0.15) is 11.5 Å². The SMILES string of the molecule is CCCOc1ccc(OCC(CS(N)(=O)=O)C(C)C)cc1. The molecule has 0 bridgehead atoms. The van der Waals surface area contributed by atoms with Crippen LogP contribution in [0.5, 0.6) is 11.5 Å². The summed E-state index contributed by atoms with van der Waals surface area (Å²) in [5.41, 5.74) is 0. The normalized spacial score (nSPS) is 13.2. The highest BCUT2D eigenvalue weighted by molar-refractivity contribution is 7.89. The monoisotopic (exact) mass is 315 g/mol. The summed E-state index contributed by atoms with van der Waals surface area (Å²) >= 11 is 0. The lowest BCUT2D eigenvalue weighted by Crippen LogP contribution is -2.30. The van der Waals surface area contributed by atoms with Crippen LogP contribution in [-0.4, -0.2) is 27.4 Å². The van der Waals surface area contributed by atoms with Crippen molar-refractivity contribution in [2.45, 2.75) is 27.2 Å². The van der Waals surface area contributed by atoms with Gasteiger partial charge in [-0.25, -0.2) is 13.6 Å². The Morgan fingerprint density at radius 3 is 2.05 bits per heavy atom. The van der Waals surface area contributed by atoms with Crippen molar-refractivity contribution in [1.82, 2.24) is 0 Å². The third kappa shape index (κ3) is 7.34. The molecule has 1 aromatic rings. The van der Waals surface area contributed by atoms with E-state index in [1.165, 1.54) is 0 Å². The number of ether oxygens (including phenoxy) is 2. The fourth-order valence-corrected chi connectivity index (χ4v) is 2.86. The Labute approximate surface area is 127 Å². The Kier molecular flexibility index (Phi) is 6.98. The van der Waals surface area contributed by atoms with E-state index in [4.69, 9.17) is 14.6 Å². The van der Waals surface area contributed by atoms with Gasteiger partial charge >= 0.3 is 0 Å². The Balaban J connectivity index is 2.55. The standard InChI is InChI=1S/C15H25NO4S/c1-4-9-19-14-5-7-15(8-6-14)20-10-13(12(2)3)11-21(16,17)18/h5-8,12-13H,4,9-11H2,1-3H3,(H2,16,17,18). The van der Waals surface area contributed by atoms with Crippen LogP contribution in [0.1, 0.15) is 27.2 Å². The van der Waals surface area contributed by atoms with Gasteiger partial charge in [0.05, 0.1) is 19.0 Å². The summed E-state index contributed by atoms with van der Waals surface area (Å²) in [6.07, 6.45) is 0.960. The zero-order chi connectivity index (χ0) is 15.9. The molecule has 1 unspecified atom stereocenters. The number of benzene rings is 1. The van der Waals surface area contributed by atoms with Crippen molar-refractivity contribution in [1.29, 1.82) is 0 Å². The van der Waals surface area contributed by atoms with Crippen molar-refractivity contribution in [3.63, 3.8) is 0 Å². The van der Waals surface area contributed by atoms with E-state index in [0.29, 0.717) is 19.0 Å². The van der Waals surface area contributed by atoms with Gasteiger partial charge in [0.2, 0.25) is 10.0 Å². The van der Waals surface area contributed by atoms with Crippen molar-refractivity contribution in [2.24, 2.45) is 17.0 Å². The fraction of sp³-hybridized carbons (Fsp3) is 0.600. The van der Waals surface area contributed by atoms with E-state index in [2.05, 4.69) is 6.92 Å². The molecule has 0 amide bonds. The molecule has 0 saturated heterocycles. The van der Waals surface area contributed by atoms with Gasteiger partial charge in [-0.2, -0.15) is 0 Å². The van der Waals surface area contributed by atoms with E-state index in [1.807, 2.05) is 38.1 Å². The molecule has 0 heterocycles. The summed E-state index contributed by atoms with van der Waals surface area (Å²) in [5, 5.41) is 5.11. The molecule has 2 N–H and O–H groups in total. The molecule has 1 aromatic carbocycles. The van der Waals surface area contributed by atoms with Crippen molar-refractivity contribution in [3.8, 4) is 11.5 Å². The third-order valence-electron chi connectivity index (χ3n) is 3.15. The van der Waals surface area contributed by atoms with Crippen LogP contribution < -0.4 is 14.6 Å². The largest absolute Gasteiger partial charge is 0.494 e. The average molecular weight is 315 g/mol. The van der Waals surface area contributed by atoms with E-state index in [0.717, 1.165) is 12.2 Å². The molecule has 120 valence electrons. The molecule has 0 spiro atoms. The topological polar surface area (TPSA) is 78.6 Å². The predicted octanol–water partition coefficient (Wildman–Crippen LogP) is 2.41. The number of nitrogens with two attached hydrogens (primary N) is 1. The molecule has 0 aliphatic rings. The molecule has 0 saturated carbocycles. The summed E-state index contributed by atoms with van der Waals surface area (Å²) in [7, 11) is -3.49. The lowest BCUT2D eigenvalue weighted by atomic mass is 9.99. The molecular formula is C15H25NO4S. The van der Waals surface area contributed by atoms with Gasteiger partial charge in [0.15, 0.2) is 0 Å². The second kappa shape index (κ2) is 8.24. The summed E-state index contributed by atoms with van der Waals surface area (Å²) in [6.45, 7) is 6.98. The molecule has 21 heavy (non-hydrogen) atoms. The van der Waals surface area contributed by atoms with Gasteiger partial charge in [-0.15, -0.1) is 0 Å². The summed E-state index contributed by atoms with van der Waals surface area (Å²) in [4.78, 5) is 0. The first kappa shape index (κ1) is 17.8. The van der Waals surface area contributed by atoms with Crippen molar-refractivity contribution in [3.05, 3.63) is 24.3 Å². The first-order valence-electron chi connectivity index (χ1n) is 7.18. The minimum atomic E-state index is -3.49. The molecule has 0 fully saturated rings. The molecule has 0 aliphatic heterocycles. The second-order valence-electron chi connectivity index (χ2n) is 5.46. The first-order chi connectivity index (χ1) is 9.81. The summed E-state index contributed by atoms with van der Waals surface area (Å²) in [5.74, 6) is 1.47. The van der Waals surface area contributed by atoms with Gasteiger partial charge in [-0.3, -0.25) is 0 Å². The van der Waals surface area contributed by atoms with Crippen LogP contribution in [0.4, 0.5) is 0 Å². The second-order valence-corrected chi connectivity index (χ2v) is 7.12. The minimum Gasteiger partial charge on any atom is -0.494 e. The van der Waals surface area contributed by atoms with Crippen molar-refractivity contribution in [2.75, 3.05) is 19.0 Å². The maximum atomic E-state index is 11.2. The Morgan fingerprint density at radius 2 is 1.62 bits per heavy atom. The Morgan fingerprint density at radius 1 is 1.10 bits per heavy atom. The Hall–Kier alpha value is -1.27. The highest BCUT2D eigenvalue weighted by Crippen LogP contribution is 2.20. The fourth-order valence-electron chi connectivity index (χ4n) is 1.79. The number of primary sulfonamides is 1. The van der Waals surface area contributed by atoms with Crippen LogP contribution >= 0.6 is 0 Å². The van der Waals surface area contributed by atoms with Crippen molar-refractivity contribution < 1.29 is 17.9 Å². The molecule has 1 rings (SSSR count). The third-order valence-corrected chi connectivity index (χ3v) is 4.04. The number of rotatable bonds is 9. The lowest BCUT2D eigenvalue weighted by Gasteiger charge is -2.20. The molecule has 1 atom stereocenters. The van der Waals surface area contributed by atoms with Gasteiger partial charge < -0.3 is 9.47 Å². The van der Waals surface area contributed by atoms with Crippen LogP contribution in [0.3, 0.4) is 0 Å². The highest BCUT2D eigenvalue weighted by atomic mass is 32.2. The van der Waals surface area contributed by atoms with Crippen LogP contribution in [0.2, 0.25) is 0 Å². The molecule has 0 aromatic heterocycles. The predicted molar refractivity (Wildman–Crippen MR) is 84.0 cm³/mol. The maximum absolute atomic E-state index is 11.2. The number of sulfonamides is 1. The van der Waals surface area contributed by atoms with Gasteiger partial charge in [-0.05, 0) is 36.6 Å². The van der Waals surface area contributed by atoms with Gasteiger partial charge in [-0.1, -0.05) is 20.8 Å². The molecular weight excluding hydrogens is 290 g/mol. The van der Waals surface area contributed by atoms with E-state index < -0.39 is 10.0 Å². The van der Waals surface area contributed by atoms with Crippen LogP contribution in [0.15, 0.2) is 24.3 Å². The summed E-state index contributed by atoms with van der Waals surface area (Å²) < 4.78 is 33.6. The maximum Gasteiger partial charge on any atom is 0.209 e. The van der Waals surface area contributed by atoms with Crippen LogP contribution in [0, 0.1) is 11.8 Å². The van der Waals surface area contributed by atoms with E-state index in [1.54, 1.807) is 0 Å².